The number of pyridine rings is 1. The molecular formula is C16H17Cl2N5O3. The molecule has 2 amide bonds. The number of rotatable bonds is 4. The van der Waals surface area contributed by atoms with E-state index >= 15 is 0 Å². The van der Waals surface area contributed by atoms with Gasteiger partial charge >= 0.3 is 0 Å². The molecule has 3 rings (SSSR count). The first kappa shape index (κ1) is 18.6. The van der Waals surface area contributed by atoms with Gasteiger partial charge < -0.3 is 14.7 Å². The van der Waals surface area contributed by atoms with E-state index in [0.29, 0.717) is 37.8 Å². The monoisotopic (exact) mass is 397 g/mol. The maximum Gasteiger partial charge on any atom is 0.274 e. The number of piperazine rings is 1. The zero-order valence-electron chi connectivity index (χ0n) is 14.0. The highest BCUT2D eigenvalue weighted by atomic mass is 35.5. The fourth-order valence-electron chi connectivity index (χ4n) is 2.64. The smallest absolute Gasteiger partial charge is 0.274 e. The van der Waals surface area contributed by atoms with E-state index in [2.05, 4.69) is 15.5 Å². The summed E-state index contributed by atoms with van der Waals surface area (Å²) in [5, 5.41) is 6.89. The highest BCUT2D eigenvalue weighted by Crippen LogP contribution is 2.19. The normalized spacial score (nSPS) is 15.1. The number of nitrogens with one attached hydrogen (secondary N) is 1. The van der Waals surface area contributed by atoms with Crippen LogP contribution in [0, 0.1) is 6.92 Å². The topological polar surface area (TPSA) is 91.6 Å². The Hall–Kier alpha value is -2.16. The van der Waals surface area contributed by atoms with Gasteiger partial charge in [-0.25, -0.2) is 4.98 Å². The van der Waals surface area contributed by atoms with Gasteiger partial charge in [0.25, 0.3) is 5.91 Å². The van der Waals surface area contributed by atoms with Crippen molar-refractivity contribution in [1.82, 2.24) is 19.9 Å². The Bertz CT molecular complexity index is 818. The molecule has 1 fully saturated rings. The first-order chi connectivity index (χ1) is 12.4. The predicted molar refractivity (Wildman–Crippen MR) is 96.5 cm³/mol. The van der Waals surface area contributed by atoms with Gasteiger partial charge in [-0.2, -0.15) is 0 Å². The van der Waals surface area contributed by atoms with Crippen molar-refractivity contribution in [2.75, 3.05) is 38.0 Å². The van der Waals surface area contributed by atoms with Crippen LogP contribution in [0.25, 0.3) is 0 Å². The van der Waals surface area contributed by atoms with Gasteiger partial charge in [-0.1, -0.05) is 28.4 Å². The van der Waals surface area contributed by atoms with Crippen molar-refractivity contribution in [3.63, 3.8) is 0 Å². The van der Waals surface area contributed by atoms with Crippen molar-refractivity contribution in [3.8, 4) is 0 Å². The van der Waals surface area contributed by atoms with Crippen LogP contribution >= 0.6 is 23.2 Å². The van der Waals surface area contributed by atoms with Crippen molar-refractivity contribution in [2.45, 2.75) is 6.92 Å². The second-order valence-electron chi connectivity index (χ2n) is 5.90. The average Bonchev–Trinajstić information content (AvgIpc) is 3.01. The van der Waals surface area contributed by atoms with Gasteiger partial charge in [0.2, 0.25) is 5.91 Å². The molecule has 1 aliphatic rings. The molecule has 8 nitrogen and oxygen atoms in total. The number of carbonyl (C=O) groups excluding carboxylic acids is 2. The lowest BCUT2D eigenvalue weighted by atomic mass is 10.2. The number of amides is 2. The van der Waals surface area contributed by atoms with Crippen LogP contribution in [0.2, 0.25) is 10.2 Å². The lowest BCUT2D eigenvalue weighted by Crippen LogP contribution is -2.50. The Kier molecular flexibility index (Phi) is 5.75. The number of anilines is 1. The summed E-state index contributed by atoms with van der Waals surface area (Å²) in [7, 11) is 0. The van der Waals surface area contributed by atoms with Crippen LogP contribution < -0.4 is 5.32 Å². The molecular weight excluding hydrogens is 381 g/mol. The number of nitrogens with zero attached hydrogens (tertiary/aromatic N) is 4. The molecule has 26 heavy (non-hydrogen) atoms. The Morgan fingerprint density at radius 1 is 1.23 bits per heavy atom. The van der Waals surface area contributed by atoms with Gasteiger partial charge in [-0.05, 0) is 19.1 Å². The Balaban J connectivity index is 1.51. The zero-order valence-corrected chi connectivity index (χ0v) is 15.5. The molecule has 2 aromatic heterocycles. The van der Waals surface area contributed by atoms with E-state index in [4.69, 9.17) is 27.7 Å². The van der Waals surface area contributed by atoms with Crippen molar-refractivity contribution >= 4 is 40.8 Å². The molecule has 0 spiro atoms. The molecule has 0 atom stereocenters. The SMILES string of the molecule is Cc1cc(NC(=O)CN2CCN(C(=O)c3nc(Cl)ccc3Cl)CC2)no1. The number of hydrogen-bond acceptors (Lipinski definition) is 6. The van der Waals surface area contributed by atoms with E-state index in [1.807, 2.05) is 4.90 Å². The Labute approximate surface area is 160 Å². The molecule has 3 heterocycles. The van der Waals surface area contributed by atoms with Gasteiger partial charge in [0.1, 0.15) is 16.6 Å². The van der Waals surface area contributed by atoms with Crippen LogP contribution in [0.3, 0.4) is 0 Å². The second kappa shape index (κ2) is 8.03. The minimum absolute atomic E-state index is 0.145. The van der Waals surface area contributed by atoms with Gasteiger partial charge in [0.15, 0.2) is 5.82 Å². The van der Waals surface area contributed by atoms with Crippen LogP contribution in [-0.4, -0.2) is 64.5 Å². The van der Waals surface area contributed by atoms with Crippen LogP contribution in [0.5, 0.6) is 0 Å². The Morgan fingerprint density at radius 3 is 2.62 bits per heavy atom. The van der Waals surface area contributed by atoms with Crippen LogP contribution in [0.1, 0.15) is 16.2 Å². The quantitative estimate of drug-likeness (QED) is 0.793. The first-order valence-electron chi connectivity index (χ1n) is 7.99. The second-order valence-corrected chi connectivity index (χ2v) is 6.70. The fourth-order valence-corrected chi connectivity index (χ4v) is 2.97. The molecule has 0 saturated carbocycles. The minimum Gasteiger partial charge on any atom is -0.360 e. The predicted octanol–water partition coefficient (Wildman–Crippen LogP) is 2.08. The molecule has 1 N–H and O–H groups in total. The third-order valence-corrected chi connectivity index (χ3v) is 4.45. The molecule has 2 aromatic rings. The molecule has 0 aliphatic carbocycles. The highest BCUT2D eigenvalue weighted by Gasteiger charge is 2.25. The molecule has 0 bridgehead atoms. The van der Waals surface area contributed by atoms with Crippen LogP contribution in [0.4, 0.5) is 5.82 Å². The van der Waals surface area contributed by atoms with Gasteiger partial charge in [0, 0.05) is 32.2 Å². The molecule has 0 aromatic carbocycles. The van der Waals surface area contributed by atoms with E-state index in [1.54, 1.807) is 24.0 Å². The van der Waals surface area contributed by atoms with E-state index in [-0.39, 0.29) is 34.2 Å². The van der Waals surface area contributed by atoms with Gasteiger partial charge in [-0.3, -0.25) is 14.5 Å². The summed E-state index contributed by atoms with van der Waals surface area (Å²) in [6, 6.07) is 4.74. The van der Waals surface area contributed by atoms with E-state index < -0.39 is 0 Å². The van der Waals surface area contributed by atoms with E-state index in [0.717, 1.165) is 0 Å². The summed E-state index contributed by atoms with van der Waals surface area (Å²) < 4.78 is 4.91. The molecule has 138 valence electrons. The zero-order chi connectivity index (χ0) is 18.7. The third kappa shape index (κ3) is 4.51. The summed E-state index contributed by atoms with van der Waals surface area (Å²) in [6.07, 6.45) is 0. The Morgan fingerprint density at radius 2 is 1.96 bits per heavy atom. The maximum absolute atomic E-state index is 12.5. The fraction of sp³-hybridized carbons (Fsp3) is 0.375. The van der Waals surface area contributed by atoms with Gasteiger partial charge in [-0.15, -0.1) is 0 Å². The summed E-state index contributed by atoms with van der Waals surface area (Å²) >= 11 is 11.9. The minimum atomic E-state index is -0.264. The molecule has 1 saturated heterocycles. The van der Waals surface area contributed by atoms with Crippen molar-refractivity contribution in [1.29, 1.82) is 0 Å². The van der Waals surface area contributed by atoms with E-state index in [9.17, 15) is 9.59 Å². The lowest BCUT2D eigenvalue weighted by molar-refractivity contribution is -0.117. The molecule has 0 unspecified atom stereocenters. The molecule has 1 aliphatic heterocycles. The highest BCUT2D eigenvalue weighted by molar-refractivity contribution is 6.34. The number of halogens is 2. The third-order valence-electron chi connectivity index (χ3n) is 3.94. The van der Waals surface area contributed by atoms with Crippen LogP contribution in [-0.2, 0) is 4.79 Å². The molecule has 10 heteroatoms. The van der Waals surface area contributed by atoms with Gasteiger partial charge in [0.05, 0.1) is 11.6 Å². The number of carbonyl (C=O) groups is 2. The summed E-state index contributed by atoms with van der Waals surface area (Å²) in [5.74, 6) is 0.570. The van der Waals surface area contributed by atoms with E-state index in [1.165, 1.54) is 6.07 Å². The van der Waals surface area contributed by atoms with Crippen molar-refractivity contribution < 1.29 is 14.1 Å². The maximum atomic E-state index is 12.5. The summed E-state index contributed by atoms with van der Waals surface area (Å²) in [6.45, 7) is 4.04. The van der Waals surface area contributed by atoms with Crippen LogP contribution in [0.15, 0.2) is 22.7 Å². The van der Waals surface area contributed by atoms with Crippen molar-refractivity contribution in [2.24, 2.45) is 0 Å². The number of aromatic nitrogens is 2. The molecule has 0 radical (unpaired) electrons. The number of hydrogen-bond donors (Lipinski definition) is 1. The largest absolute Gasteiger partial charge is 0.360 e. The standard InChI is InChI=1S/C16H17Cl2N5O3/c1-10-8-13(21-26-10)20-14(24)9-22-4-6-23(7-5-22)16(25)15-11(17)2-3-12(18)19-15/h2-3,8H,4-7,9H2,1H3,(H,20,21,24). The summed E-state index contributed by atoms with van der Waals surface area (Å²) in [4.78, 5) is 32.2. The average molecular weight is 398 g/mol. The lowest BCUT2D eigenvalue weighted by Gasteiger charge is -2.34. The first-order valence-corrected chi connectivity index (χ1v) is 8.75. The number of aryl methyl sites for hydroxylation is 1. The van der Waals surface area contributed by atoms with Crippen molar-refractivity contribution in [3.05, 3.63) is 39.8 Å². The summed E-state index contributed by atoms with van der Waals surface area (Å²) in [5.41, 5.74) is 0.145.